The van der Waals surface area contributed by atoms with Crippen LogP contribution in [0.3, 0.4) is 0 Å². The second kappa shape index (κ2) is 8.46. The molecule has 0 saturated heterocycles. The maximum Gasteiger partial charge on any atom is 0.418 e. The lowest BCUT2D eigenvalue weighted by molar-refractivity contribution is -0.137. The van der Waals surface area contributed by atoms with Crippen LogP contribution in [0.15, 0.2) is 42.5 Å². The van der Waals surface area contributed by atoms with Crippen molar-refractivity contribution in [3.05, 3.63) is 48.0 Å². The van der Waals surface area contributed by atoms with Gasteiger partial charge in [0.1, 0.15) is 11.5 Å². The summed E-state index contributed by atoms with van der Waals surface area (Å²) in [5, 5.41) is 5.31. The molecule has 0 spiro atoms. The molecule has 0 radical (unpaired) electrons. The third-order valence-corrected chi connectivity index (χ3v) is 3.58. The lowest BCUT2D eigenvalue weighted by Crippen LogP contribution is -2.19. The van der Waals surface area contributed by atoms with E-state index in [1.807, 2.05) is 0 Å². The summed E-state index contributed by atoms with van der Waals surface area (Å²) < 4.78 is 49.1. The summed E-state index contributed by atoms with van der Waals surface area (Å²) in [5.41, 5.74) is -0.518. The summed E-state index contributed by atoms with van der Waals surface area (Å²) in [4.78, 5) is 12.0. The zero-order valence-corrected chi connectivity index (χ0v) is 14.3. The molecular weight excluding hydrogens is 349 g/mol. The maximum absolute atomic E-state index is 12.9. The van der Waals surface area contributed by atoms with Crippen LogP contribution in [-0.4, -0.2) is 26.7 Å². The summed E-state index contributed by atoms with van der Waals surface area (Å²) in [7, 11) is 3.03. The Morgan fingerprint density at radius 2 is 1.77 bits per heavy atom. The van der Waals surface area contributed by atoms with Crippen LogP contribution in [0, 0.1) is 0 Å². The van der Waals surface area contributed by atoms with E-state index in [-0.39, 0.29) is 18.7 Å². The molecule has 0 aliphatic carbocycles. The van der Waals surface area contributed by atoms with Crippen molar-refractivity contribution in [1.29, 1.82) is 0 Å². The van der Waals surface area contributed by atoms with Crippen molar-refractivity contribution in [3.63, 3.8) is 0 Å². The van der Waals surface area contributed by atoms with Crippen LogP contribution in [0.5, 0.6) is 11.5 Å². The highest BCUT2D eigenvalue weighted by atomic mass is 19.4. The fourth-order valence-electron chi connectivity index (χ4n) is 2.31. The minimum atomic E-state index is -4.53. The average Bonchev–Trinajstić information content (AvgIpc) is 2.61. The first-order valence-electron chi connectivity index (χ1n) is 7.77. The molecular formula is C18H19F3N2O3. The largest absolute Gasteiger partial charge is 0.497 e. The number of ether oxygens (including phenoxy) is 2. The number of halogens is 3. The van der Waals surface area contributed by atoms with E-state index in [9.17, 15) is 18.0 Å². The summed E-state index contributed by atoms with van der Waals surface area (Å²) in [6.07, 6.45) is -4.55. The Morgan fingerprint density at radius 3 is 2.42 bits per heavy atom. The van der Waals surface area contributed by atoms with Gasteiger partial charge in [-0.15, -0.1) is 0 Å². The van der Waals surface area contributed by atoms with Gasteiger partial charge in [0.2, 0.25) is 5.91 Å². The molecule has 0 fully saturated rings. The molecule has 0 aromatic heterocycles. The summed E-state index contributed by atoms with van der Waals surface area (Å²) in [5.74, 6) is 0.640. The second-order valence-electron chi connectivity index (χ2n) is 5.33. The number of carbonyl (C=O) groups is 1. The van der Waals surface area contributed by atoms with E-state index in [1.165, 1.54) is 32.4 Å². The third kappa shape index (κ3) is 5.05. The number of hydrogen-bond acceptors (Lipinski definition) is 4. The summed E-state index contributed by atoms with van der Waals surface area (Å²) in [6, 6.07) is 9.99. The number of nitrogens with one attached hydrogen (secondary N) is 2. The van der Waals surface area contributed by atoms with Gasteiger partial charge in [0.15, 0.2) is 0 Å². The van der Waals surface area contributed by atoms with E-state index < -0.39 is 17.6 Å². The Bertz CT molecular complexity index is 764. The van der Waals surface area contributed by atoms with E-state index in [0.29, 0.717) is 17.2 Å². The van der Waals surface area contributed by atoms with Gasteiger partial charge >= 0.3 is 6.18 Å². The van der Waals surface area contributed by atoms with E-state index in [2.05, 4.69) is 10.6 Å². The first-order valence-corrected chi connectivity index (χ1v) is 7.77. The minimum Gasteiger partial charge on any atom is -0.497 e. The van der Waals surface area contributed by atoms with Crippen molar-refractivity contribution in [2.45, 2.75) is 12.6 Å². The van der Waals surface area contributed by atoms with Crippen molar-refractivity contribution in [2.24, 2.45) is 0 Å². The Labute approximate surface area is 149 Å². The van der Waals surface area contributed by atoms with Crippen LogP contribution in [0.1, 0.15) is 12.0 Å². The Kier molecular flexibility index (Phi) is 6.32. The van der Waals surface area contributed by atoms with Crippen molar-refractivity contribution in [1.82, 2.24) is 0 Å². The first-order chi connectivity index (χ1) is 12.3. The SMILES string of the molecule is COc1ccc(OC)c(NCCC(=O)Nc2ccccc2C(F)(F)F)c1. The van der Waals surface area contributed by atoms with Gasteiger partial charge in [-0.2, -0.15) is 13.2 Å². The van der Waals surface area contributed by atoms with Crippen LogP contribution in [0.25, 0.3) is 0 Å². The summed E-state index contributed by atoms with van der Waals surface area (Å²) in [6.45, 7) is 0.212. The molecule has 0 heterocycles. The molecule has 2 rings (SSSR count). The van der Waals surface area contributed by atoms with Gasteiger partial charge in [-0.25, -0.2) is 0 Å². The highest BCUT2D eigenvalue weighted by Crippen LogP contribution is 2.34. The first kappa shape index (κ1) is 19.4. The standard InChI is InChI=1S/C18H19F3N2O3/c1-25-12-7-8-16(26-2)15(11-12)22-10-9-17(24)23-14-6-4-3-5-13(14)18(19,20)21/h3-8,11,22H,9-10H2,1-2H3,(H,23,24). The molecule has 0 unspecified atom stereocenters. The van der Waals surface area contributed by atoms with Gasteiger partial charge in [-0.05, 0) is 24.3 Å². The highest BCUT2D eigenvalue weighted by molar-refractivity contribution is 5.92. The number of alkyl halides is 3. The fraction of sp³-hybridized carbons (Fsp3) is 0.278. The zero-order chi connectivity index (χ0) is 19.2. The lowest BCUT2D eigenvalue weighted by atomic mass is 10.1. The van der Waals surface area contributed by atoms with Crippen LogP contribution >= 0.6 is 0 Å². The number of rotatable bonds is 7. The smallest absolute Gasteiger partial charge is 0.418 e. The number of amides is 1. The Morgan fingerprint density at radius 1 is 1.04 bits per heavy atom. The average molecular weight is 368 g/mol. The Balaban J connectivity index is 1.97. The van der Waals surface area contributed by atoms with Gasteiger partial charge in [-0.1, -0.05) is 12.1 Å². The zero-order valence-electron chi connectivity index (χ0n) is 14.3. The van der Waals surface area contributed by atoms with Crippen molar-refractivity contribution < 1.29 is 27.4 Å². The Hall–Kier alpha value is -2.90. The topological polar surface area (TPSA) is 59.6 Å². The fourth-order valence-corrected chi connectivity index (χ4v) is 2.31. The van der Waals surface area contributed by atoms with Crippen LogP contribution < -0.4 is 20.1 Å². The van der Waals surface area contributed by atoms with E-state index in [4.69, 9.17) is 9.47 Å². The van der Waals surface area contributed by atoms with E-state index in [0.717, 1.165) is 6.07 Å². The maximum atomic E-state index is 12.9. The van der Waals surface area contributed by atoms with Crippen LogP contribution in [0.4, 0.5) is 24.5 Å². The number of benzene rings is 2. The molecule has 140 valence electrons. The molecule has 5 nitrogen and oxygen atoms in total. The van der Waals surface area contributed by atoms with Gasteiger partial charge in [0, 0.05) is 19.0 Å². The van der Waals surface area contributed by atoms with Crippen LogP contribution in [0.2, 0.25) is 0 Å². The van der Waals surface area contributed by atoms with Crippen molar-refractivity contribution in [2.75, 3.05) is 31.4 Å². The normalized spacial score (nSPS) is 11.0. The number of carbonyl (C=O) groups excluding carboxylic acids is 1. The molecule has 8 heteroatoms. The van der Waals surface area contributed by atoms with Gasteiger partial charge in [0.25, 0.3) is 0 Å². The molecule has 0 aliphatic heterocycles. The molecule has 26 heavy (non-hydrogen) atoms. The van der Waals surface area contributed by atoms with Gasteiger partial charge < -0.3 is 20.1 Å². The van der Waals surface area contributed by atoms with Gasteiger partial charge in [0.05, 0.1) is 31.2 Å². The number of hydrogen-bond donors (Lipinski definition) is 2. The van der Waals surface area contributed by atoms with Crippen LogP contribution in [-0.2, 0) is 11.0 Å². The molecule has 0 saturated carbocycles. The van der Waals surface area contributed by atoms with Gasteiger partial charge in [-0.3, -0.25) is 4.79 Å². The quantitative estimate of drug-likeness (QED) is 0.770. The minimum absolute atomic E-state index is 0.0213. The van der Waals surface area contributed by atoms with E-state index >= 15 is 0 Å². The monoisotopic (exact) mass is 368 g/mol. The summed E-state index contributed by atoms with van der Waals surface area (Å²) >= 11 is 0. The van der Waals surface area contributed by atoms with Crippen molar-refractivity contribution >= 4 is 17.3 Å². The second-order valence-corrected chi connectivity index (χ2v) is 5.33. The predicted molar refractivity (Wildman–Crippen MR) is 92.7 cm³/mol. The molecule has 0 atom stereocenters. The molecule has 0 aliphatic rings. The number of para-hydroxylation sites is 1. The lowest BCUT2D eigenvalue weighted by Gasteiger charge is -2.14. The van der Waals surface area contributed by atoms with E-state index in [1.54, 1.807) is 18.2 Å². The number of methoxy groups -OCH3 is 2. The molecule has 2 aromatic carbocycles. The molecule has 2 N–H and O–H groups in total. The molecule has 2 aromatic rings. The highest BCUT2D eigenvalue weighted by Gasteiger charge is 2.33. The predicted octanol–water partition coefficient (Wildman–Crippen LogP) is 4.16. The third-order valence-electron chi connectivity index (χ3n) is 3.58. The number of anilines is 2. The molecule has 1 amide bonds. The molecule has 0 bridgehead atoms. The van der Waals surface area contributed by atoms with Crippen molar-refractivity contribution in [3.8, 4) is 11.5 Å².